The second-order valence-electron chi connectivity index (χ2n) is 5.09. The van der Waals surface area contributed by atoms with Crippen molar-refractivity contribution in [3.8, 4) is 0 Å². The average Bonchev–Trinajstić information content (AvgIpc) is 2.44. The number of nitro benzene ring substituents is 1. The van der Waals surface area contributed by atoms with Gasteiger partial charge in [-0.3, -0.25) is 15.1 Å². The fourth-order valence-electron chi connectivity index (χ4n) is 2.14. The molecule has 1 heterocycles. The van der Waals surface area contributed by atoms with Gasteiger partial charge in [0.05, 0.1) is 15.9 Å². The first-order chi connectivity index (χ1) is 9.94. The molecule has 0 fully saturated rings. The predicted octanol–water partition coefficient (Wildman–Crippen LogP) is 2.67. The fraction of sp³-hybridized carbons (Fsp3) is 0.357. The highest BCUT2D eigenvalue weighted by atomic mass is 32.2. The number of non-ortho nitro benzene ring substituents is 1. The van der Waals surface area contributed by atoms with Crippen LogP contribution in [0.4, 0.5) is 11.4 Å². The van der Waals surface area contributed by atoms with Gasteiger partial charge in [-0.2, -0.15) is 11.8 Å². The summed E-state index contributed by atoms with van der Waals surface area (Å²) in [5, 5.41) is 25.6. The fourth-order valence-corrected chi connectivity index (χ4v) is 2.86. The van der Waals surface area contributed by atoms with Gasteiger partial charge in [-0.25, -0.2) is 0 Å². The van der Waals surface area contributed by atoms with Crippen molar-refractivity contribution in [1.29, 1.82) is 0 Å². The van der Waals surface area contributed by atoms with Gasteiger partial charge in [0.1, 0.15) is 0 Å². The third kappa shape index (κ3) is 3.62. The molecule has 0 aliphatic rings. The van der Waals surface area contributed by atoms with Crippen LogP contribution in [0.1, 0.15) is 6.92 Å². The molecule has 0 amide bonds. The van der Waals surface area contributed by atoms with Gasteiger partial charge in [-0.05, 0) is 25.3 Å². The number of benzene rings is 1. The quantitative estimate of drug-likeness (QED) is 0.630. The van der Waals surface area contributed by atoms with Crippen molar-refractivity contribution in [2.75, 3.05) is 23.9 Å². The van der Waals surface area contributed by atoms with E-state index in [1.54, 1.807) is 37.0 Å². The minimum Gasteiger partial charge on any atom is -0.387 e. The zero-order valence-corrected chi connectivity index (χ0v) is 12.7. The number of aliphatic hydroxyl groups is 1. The van der Waals surface area contributed by atoms with Crippen molar-refractivity contribution >= 4 is 33.9 Å². The topological polar surface area (TPSA) is 88.3 Å². The maximum atomic E-state index is 11.1. The lowest BCUT2D eigenvalue weighted by Gasteiger charge is -2.23. The Labute approximate surface area is 126 Å². The summed E-state index contributed by atoms with van der Waals surface area (Å²) in [6.45, 7) is 2.11. The molecule has 0 bridgehead atoms. The first kappa shape index (κ1) is 15.5. The Morgan fingerprint density at radius 1 is 1.43 bits per heavy atom. The van der Waals surface area contributed by atoms with Gasteiger partial charge in [0.25, 0.3) is 5.69 Å². The van der Waals surface area contributed by atoms with E-state index in [-0.39, 0.29) is 5.69 Å². The third-order valence-electron chi connectivity index (χ3n) is 3.11. The van der Waals surface area contributed by atoms with E-state index < -0.39 is 10.5 Å². The molecular weight excluding hydrogens is 290 g/mol. The zero-order valence-electron chi connectivity index (χ0n) is 11.9. The lowest BCUT2D eigenvalue weighted by molar-refractivity contribution is -0.383. The Hall–Kier alpha value is -1.86. The highest BCUT2D eigenvalue weighted by Crippen LogP contribution is 2.31. The van der Waals surface area contributed by atoms with Crippen LogP contribution in [0.25, 0.3) is 10.8 Å². The van der Waals surface area contributed by atoms with Crippen molar-refractivity contribution in [3.63, 3.8) is 0 Å². The molecule has 1 aromatic carbocycles. The van der Waals surface area contributed by atoms with Crippen molar-refractivity contribution in [3.05, 3.63) is 40.7 Å². The first-order valence-electron chi connectivity index (χ1n) is 6.41. The molecule has 0 radical (unpaired) electrons. The number of hydrogen-bond acceptors (Lipinski definition) is 6. The Bertz CT molecular complexity index is 661. The third-order valence-corrected chi connectivity index (χ3v) is 4.02. The molecule has 1 aromatic heterocycles. The summed E-state index contributed by atoms with van der Waals surface area (Å²) >= 11 is 1.56. The van der Waals surface area contributed by atoms with Gasteiger partial charge in [-0.1, -0.05) is 0 Å². The van der Waals surface area contributed by atoms with Crippen LogP contribution in [-0.4, -0.2) is 39.2 Å². The molecule has 1 atom stereocenters. The molecule has 2 aromatic rings. The molecule has 7 heteroatoms. The van der Waals surface area contributed by atoms with Crippen LogP contribution in [0.15, 0.2) is 30.6 Å². The summed E-state index contributed by atoms with van der Waals surface area (Å²) in [6, 6.07) is 4.74. The lowest BCUT2D eigenvalue weighted by Crippen LogP contribution is -2.36. The van der Waals surface area contributed by atoms with Crippen molar-refractivity contribution in [1.82, 2.24) is 4.98 Å². The SMILES string of the molecule is CSCC(C)(O)CNc1ccc([N+](=O)[O-])c2ccncc12. The molecule has 2 rings (SSSR count). The number of nitro groups is 1. The maximum absolute atomic E-state index is 11.1. The first-order valence-corrected chi connectivity index (χ1v) is 7.80. The predicted molar refractivity (Wildman–Crippen MR) is 85.9 cm³/mol. The van der Waals surface area contributed by atoms with E-state index in [1.807, 2.05) is 6.26 Å². The second-order valence-corrected chi connectivity index (χ2v) is 5.96. The number of pyridine rings is 1. The number of nitrogens with one attached hydrogen (secondary N) is 1. The molecule has 0 saturated heterocycles. The molecule has 112 valence electrons. The lowest BCUT2D eigenvalue weighted by atomic mass is 10.1. The molecular formula is C14H17N3O3S. The number of fused-ring (bicyclic) bond motifs is 1. The summed E-state index contributed by atoms with van der Waals surface area (Å²) in [6.07, 6.45) is 5.05. The van der Waals surface area contributed by atoms with Gasteiger partial charge < -0.3 is 10.4 Å². The largest absolute Gasteiger partial charge is 0.387 e. The van der Waals surface area contributed by atoms with Crippen molar-refractivity contribution in [2.45, 2.75) is 12.5 Å². The number of nitrogens with zero attached hydrogens (tertiary/aromatic N) is 2. The van der Waals surface area contributed by atoms with Crippen molar-refractivity contribution < 1.29 is 10.0 Å². The Kier molecular flexibility index (Phi) is 4.64. The monoisotopic (exact) mass is 307 g/mol. The minimum atomic E-state index is -0.851. The van der Waals surface area contributed by atoms with E-state index in [0.717, 1.165) is 5.69 Å². The summed E-state index contributed by atoms with van der Waals surface area (Å²) in [7, 11) is 0. The van der Waals surface area contributed by atoms with Crippen LogP contribution in [0.2, 0.25) is 0 Å². The van der Waals surface area contributed by atoms with E-state index in [0.29, 0.717) is 23.1 Å². The Balaban J connectivity index is 2.34. The van der Waals surface area contributed by atoms with Crippen LogP contribution in [-0.2, 0) is 0 Å². The van der Waals surface area contributed by atoms with Gasteiger partial charge in [0.15, 0.2) is 0 Å². The minimum absolute atomic E-state index is 0.0498. The summed E-state index contributed by atoms with van der Waals surface area (Å²) in [4.78, 5) is 14.7. The van der Waals surface area contributed by atoms with E-state index in [4.69, 9.17) is 0 Å². The second kappa shape index (κ2) is 6.28. The van der Waals surface area contributed by atoms with Crippen molar-refractivity contribution in [2.24, 2.45) is 0 Å². The average molecular weight is 307 g/mol. The maximum Gasteiger partial charge on any atom is 0.277 e. The molecule has 6 nitrogen and oxygen atoms in total. The molecule has 0 spiro atoms. The molecule has 2 N–H and O–H groups in total. The van der Waals surface area contributed by atoms with E-state index >= 15 is 0 Å². The van der Waals surface area contributed by atoms with Gasteiger partial charge in [0.2, 0.25) is 0 Å². The van der Waals surface area contributed by atoms with Crippen LogP contribution < -0.4 is 5.32 Å². The standard InChI is InChI=1S/C14H17N3O3S/c1-14(18,9-21-2)8-16-12-3-4-13(17(19)20)10-5-6-15-7-11(10)12/h3-7,16,18H,8-9H2,1-2H3. The Morgan fingerprint density at radius 2 is 2.19 bits per heavy atom. The molecule has 21 heavy (non-hydrogen) atoms. The summed E-state index contributed by atoms with van der Waals surface area (Å²) in [5.74, 6) is 0.600. The van der Waals surface area contributed by atoms with Gasteiger partial charge in [0, 0.05) is 41.8 Å². The van der Waals surface area contributed by atoms with E-state index in [1.165, 1.54) is 12.3 Å². The smallest absolute Gasteiger partial charge is 0.277 e. The number of aromatic nitrogens is 1. The van der Waals surface area contributed by atoms with Crippen LogP contribution in [0.3, 0.4) is 0 Å². The Morgan fingerprint density at radius 3 is 2.86 bits per heavy atom. The van der Waals surface area contributed by atoms with Crippen LogP contribution in [0, 0.1) is 10.1 Å². The number of anilines is 1. The normalized spacial score (nSPS) is 13.9. The molecule has 0 aliphatic heterocycles. The highest BCUT2D eigenvalue weighted by Gasteiger charge is 2.20. The van der Waals surface area contributed by atoms with E-state index in [9.17, 15) is 15.2 Å². The van der Waals surface area contributed by atoms with Gasteiger partial charge >= 0.3 is 0 Å². The zero-order chi connectivity index (χ0) is 15.5. The van der Waals surface area contributed by atoms with Crippen LogP contribution in [0.5, 0.6) is 0 Å². The number of thioether (sulfide) groups is 1. The molecule has 1 unspecified atom stereocenters. The highest BCUT2D eigenvalue weighted by molar-refractivity contribution is 7.98. The van der Waals surface area contributed by atoms with Crippen LogP contribution >= 0.6 is 11.8 Å². The van der Waals surface area contributed by atoms with E-state index in [2.05, 4.69) is 10.3 Å². The number of hydrogen-bond donors (Lipinski definition) is 2. The summed E-state index contributed by atoms with van der Waals surface area (Å²) < 4.78 is 0. The summed E-state index contributed by atoms with van der Waals surface area (Å²) in [5.41, 5.74) is -0.0747. The van der Waals surface area contributed by atoms with Gasteiger partial charge in [-0.15, -0.1) is 0 Å². The number of rotatable bonds is 6. The molecule has 0 saturated carbocycles. The molecule has 0 aliphatic carbocycles.